The van der Waals surface area contributed by atoms with Crippen LogP contribution in [0.15, 0.2) is 75.7 Å². The molecule has 0 saturated heterocycles. The Morgan fingerprint density at radius 2 is 1.93 bits per heavy atom. The van der Waals surface area contributed by atoms with Crippen LogP contribution in [-0.4, -0.2) is 45.6 Å². The highest BCUT2D eigenvalue weighted by molar-refractivity contribution is 7.07. The normalized spacial score (nSPS) is 15.0. The summed E-state index contributed by atoms with van der Waals surface area (Å²) < 4.78 is 7.48. The zero-order valence-electron chi connectivity index (χ0n) is 23.0. The molecular weight excluding hydrogens is 544 g/mol. The van der Waals surface area contributed by atoms with Gasteiger partial charge in [0.1, 0.15) is 17.5 Å². The number of nitro groups is 1. The Labute approximate surface area is 238 Å². The number of nitro benzene ring substituents is 1. The van der Waals surface area contributed by atoms with Crippen molar-refractivity contribution in [2.24, 2.45) is 4.99 Å². The summed E-state index contributed by atoms with van der Waals surface area (Å²) in [7, 11) is 1.55. The number of amides is 1. The summed E-state index contributed by atoms with van der Waals surface area (Å²) in [6, 6.07) is 14.2. The molecule has 1 aromatic heterocycles. The van der Waals surface area contributed by atoms with Gasteiger partial charge in [0.15, 0.2) is 4.80 Å². The highest BCUT2D eigenvalue weighted by Gasteiger charge is 2.36. The average Bonchev–Trinajstić information content (AvgIpc) is 3.27. The zero-order chi connectivity index (χ0) is 29.4. The Balaban J connectivity index is 1.85. The molecular formula is C30H28N4O6S. The zero-order valence-corrected chi connectivity index (χ0v) is 23.8. The van der Waals surface area contributed by atoms with Crippen molar-refractivity contribution in [1.29, 1.82) is 0 Å². The second-order valence-electron chi connectivity index (χ2n) is 9.46. The topological polar surface area (TPSA) is 127 Å². The number of fused-ring (bicyclic) bond motifs is 2. The van der Waals surface area contributed by atoms with Gasteiger partial charge < -0.3 is 14.7 Å². The number of methoxy groups -OCH3 is 1. The molecule has 2 heterocycles. The van der Waals surface area contributed by atoms with E-state index in [2.05, 4.69) is 4.99 Å². The maximum Gasteiger partial charge on any atom is 0.271 e. The molecule has 11 heteroatoms. The minimum absolute atomic E-state index is 0.124. The van der Waals surface area contributed by atoms with Crippen molar-refractivity contribution in [2.45, 2.75) is 26.8 Å². The largest absolute Gasteiger partial charge is 0.507 e. The number of allylic oxidation sites excluding steroid dienone is 1. The van der Waals surface area contributed by atoms with Crippen molar-refractivity contribution < 1.29 is 19.6 Å². The highest BCUT2D eigenvalue weighted by Crippen LogP contribution is 2.40. The summed E-state index contributed by atoms with van der Waals surface area (Å²) in [5.74, 6) is 0.0725. The molecule has 0 radical (unpaired) electrons. The number of phenolic OH excluding ortho intramolecular Hbond substituents is 1. The van der Waals surface area contributed by atoms with E-state index in [4.69, 9.17) is 4.74 Å². The van der Waals surface area contributed by atoms with E-state index in [1.165, 1.54) is 28.8 Å². The first-order valence-corrected chi connectivity index (χ1v) is 13.9. The number of nitrogens with zero attached hydrogens (tertiary/aromatic N) is 4. The Bertz CT molecular complexity index is 1920. The lowest BCUT2D eigenvalue weighted by molar-refractivity contribution is -0.384. The SMILES string of the molecule is CCN(CC)C(=O)C1=C(C)N=c2s/c(=C/c3cc([N+](=O)[O-])ccc3O)c(=O)n2[C@H]1c1c(OC)ccc2ccccc12. The third-order valence-corrected chi connectivity index (χ3v) is 8.22. The first-order valence-electron chi connectivity index (χ1n) is 13.0. The van der Waals surface area contributed by atoms with Crippen LogP contribution in [0.3, 0.4) is 0 Å². The number of non-ortho nitro benzene ring substituents is 1. The van der Waals surface area contributed by atoms with Gasteiger partial charge in [-0.05, 0) is 49.8 Å². The van der Waals surface area contributed by atoms with E-state index in [1.54, 1.807) is 18.9 Å². The summed E-state index contributed by atoms with van der Waals surface area (Å²) in [5, 5.41) is 23.5. The predicted octanol–water partition coefficient (Wildman–Crippen LogP) is 3.88. The lowest BCUT2D eigenvalue weighted by Gasteiger charge is -2.30. The van der Waals surface area contributed by atoms with Gasteiger partial charge in [-0.15, -0.1) is 0 Å². The Morgan fingerprint density at radius 3 is 2.61 bits per heavy atom. The van der Waals surface area contributed by atoms with Crippen LogP contribution < -0.4 is 19.6 Å². The number of aromatic nitrogens is 1. The smallest absolute Gasteiger partial charge is 0.271 e. The number of thiazole rings is 1. The molecule has 0 fully saturated rings. The van der Waals surface area contributed by atoms with Crippen LogP contribution in [-0.2, 0) is 4.79 Å². The molecule has 1 atom stereocenters. The molecule has 41 heavy (non-hydrogen) atoms. The van der Waals surface area contributed by atoms with E-state index in [9.17, 15) is 24.8 Å². The monoisotopic (exact) mass is 572 g/mol. The van der Waals surface area contributed by atoms with Crippen LogP contribution in [0.4, 0.5) is 5.69 Å². The molecule has 0 saturated carbocycles. The molecule has 0 aliphatic carbocycles. The molecule has 1 aliphatic heterocycles. The lowest BCUT2D eigenvalue weighted by Crippen LogP contribution is -2.43. The van der Waals surface area contributed by atoms with E-state index in [-0.39, 0.29) is 27.4 Å². The van der Waals surface area contributed by atoms with Gasteiger partial charge in [0.2, 0.25) is 0 Å². The molecule has 1 N–H and O–H groups in total. The van der Waals surface area contributed by atoms with Gasteiger partial charge in [0.25, 0.3) is 17.2 Å². The third-order valence-electron chi connectivity index (χ3n) is 7.24. The van der Waals surface area contributed by atoms with Crippen molar-refractivity contribution in [1.82, 2.24) is 9.47 Å². The van der Waals surface area contributed by atoms with Gasteiger partial charge in [0.05, 0.1) is 27.8 Å². The maximum absolute atomic E-state index is 14.1. The quantitative estimate of drug-likeness (QED) is 0.265. The number of hydrogen-bond acceptors (Lipinski definition) is 8. The Morgan fingerprint density at radius 1 is 1.20 bits per heavy atom. The summed E-state index contributed by atoms with van der Waals surface area (Å²) in [5.41, 5.74) is 0.952. The van der Waals surface area contributed by atoms with E-state index in [1.807, 2.05) is 50.2 Å². The maximum atomic E-state index is 14.1. The van der Waals surface area contributed by atoms with Crippen LogP contribution in [0.1, 0.15) is 37.9 Å². The minimum atomic E-state index is -0.860. The predicted molar refractivity (Wildman–Crippen MR) is 157 cm³/mol. The average molecular weight is 573 g/mol. The van der Waals surface area contributed by atoms with Crippen LogP contribution in [0.5, 0.6) is 11.5 Å². The fourth-order valence-corrected chi connectivity index (χ4v) is 6.23. The van der Waals surface area contributed by atoms with Gasteiger partial charge in [-0.3, -0.25) is 24.3 Å². The molecule has 4 aromatic rings. The Hall–Kier alpha value is -4.77. The van der Waals surface area contributed by atoms with Gasteiger partial charge >= 0.3 is 0 Å². The molecule has 1 amide bonds. The number of phenols is 1. The van der Waals surface area contributed by atoms with E-state index >= 15 is 0 Å². The fourth-order valence-electron chi connectivity index (χ4n) is 5.20. The van der Waals surface area contributed by atoms with Crippen LogP contribution in [0, 0.1) is 10.1 Å². The first-order chi connectivity index (χ1) is 19.7. The molecule has 0 bridgehead atoms. The molecule has 10 nitrogen and oxygen atoms in total. The van der Waals surface area contributed by atoms with E-state index in [0.29, 0.717) is 40.5 Å². The number of rotatable bonds is 7. The first kappa shape index (κ1) is 27.8. The third kappa shape index (κ3) is 4.78. The number of carbonyl (C=O) groups is 1. The van der Waals surface area contributed by atoms with E-state index in [0.717, 1.165) is 22.1 Å². The standard InChI is InChI=1S/C30H28N4O6S/c1-5-32(6-2)29(37)25-17(3)31-30-33(27(25)26-21-10-8-7-9-18(21)11-14-23(26)40-4)28(36)24(41-30)16-19-15-20(34(38)39)12-13-22(19)35/h7-16,27,35H,5-6H2,1-4H3/b24-16+/t27-/m1/s1. The number of aromatic hydroxyl groups is 1. The van der Waals surface area contributed by atoms with Crippen molar-refractivity contribution in [3.63, 3.8) is 0 Å². The second kappa shape index (κ2) is 11.0. The summed E-state index contributed by atoms with van der Waals surface area (Å²) in [4.78, 5) is 45.6. The molecule has 5 rings (SSSR count). The van der Waals surface area contributed by atoms with Gasteiger partial charge in [-0.25, -0.2) is 4.99 Å². The summed E-state index contributed by atoms with van der Waals surface area (Å²) in [6.07, 6.45) is 1.41. The Kier molecular flexibility index (Phi) is 7.46. The van der Waals surface area contributed by atoms with E-state index < -0.39 is 16.5 Å². The molecule has 210 valence electrons. The molecule has 3 aromatic carbocycles. The van der Waals surface area contributed by atoms with Crippen LogP contribution in [0.25, 0.3) is 16.8 Å². The van der Waals surface area contributed by atoms with Gasteiger partial charge in [-0.1, -0.05) is 41.7 Å². The van der Waals surface area contributed by atoms with Gasteiger partial charge in [0, 0.05) is 36.3 Å². The van der Waals surface area contributed by atoms with Gasteiger partial charge in [-0.2, -0.15) is 0 Å². The molecule has 1 aliphatic rings. The van der Waals surface area contributed by atoms with Crippen LogP contribution in [0.2, 0.25) is 0 Å². The van der Waals surface area contributed by atoms with Crippen molar-refractivity contribution >= 4 is 39.8 Å². The number of benzene rings is 3. The fraction of sp³-hybridized carbons (Fsp3) is 0.233. The number of likely N-dealkylation sites (N-methyl/N-ethyl adjacent to an activating group) is 1. The van der Waals surface area contributed by atoms with Crippen LogP contribution >= 0.6 is 11.3 Å². The summed E-state index contributed by atoms with van der Waals surface area (Å²) in [6.45, 7) is 6.49. The molecule has 0 spiro atoms. The van der Waals surface area contributed by atoms with Crippen molar-refractivity contribution in [3.8, 4) is 11.5 Å². The van der Waals surface area contributed by atoms with Crippen molar-refractivity contribution in [3.05, 3.63) is 107 Å². The highest BCUT2D eigenvalue weighted by atomic mass is 32.1. The number of carbonyl (C=O) groups excluding carboxylic acids is 1. The summed E-state index contributed by atoms with van der Waals surface area (Å²) >= 11 is 1.08. The van der Waals surface area contributed by atoms with Crippen molar-refractivity contribution in [2.75, 3.05) is 20.2 Å². The molecule has 0 unspecified atom stereocenters. The second-order valence-corrected chi connectivity index (χ2v) is 10.5. The number of hydrogen-bond donors (Lipinski definition) is 1. The lowest BCUT2D eigenvalue weighted by atomic mass is 9.90. The number of ether oxygens (including phenoxy) is 1. The minimum Gasteiger partial charge on any atom is -0.507 e.